The van der Waals surface area contributed by atoms with Gasteiger partial charge in [-0.1, -0.05) is 66.8 Å². The average molecular weight is 495 g/mol. The van der Waals surface area contributed by atoms with Gasteiger partial charge in [0.1, 0.15) is 11.9 Å². The number of ether oxygens (including phenoxy) is 1. The maximum atomic E-state index is 6.40. The Balaban J connectivity index is 1.32. The van der Waals surface area contributed by atoms with Crippen LogP contribution in [0, 0.1) is 6.92 Å². The molecule has 38 heavy (non-hydrogen) atoms. The lowest BCUT2D eigenvalue weighted by Gasteiger charge is -2.25. The SMILES string of the molecule is Cc1ccc(C2C=CC=C(C3=C(n4c5ccccc5c5cc6c(cc54)C4C=CC=CC4O6)CCC=C3)C2)[nH]1. The van der Waals surface area contributed by atoms with Gasteiger partial charge in [-0.05, 0) is 73.7 Å². The zero-order chi connectivity index (χ0) is 25.2. The van der Waals surface area contributed by atoms with Crippen LogP contribution in [0.5, 0.6) is 5.75 Å². The molecule has 186 valence electrons. The minimum atomic E-state index is 0.0985. The van der Waals surface area contributed by atoms with Crippen molar-refractivity contribution in [3.63, 3.8) is 0 Å². The molecule has 0 saturated carbocycles. The van der Waals surface area contributed by atoms with Crippen molar-refractivity contribution < 1.29 is 4.74 Å². The lowest BCUT2D eigenvalue weighted by Crippen LogP contribution is -2.15. The monoisotopic (exact) mass is 494 g/mol. The summed E-state index contributed by atoms with van der Waals surface area (Å²) >= 11 is 0. The Hall–Kier alpha value is -4.24. The molecule has 0 bridgehead atoms. The minimum absolute atomic E-state index is 0.0985. The molecule has 0 spiro atoms. The Morgan fingerprint density at radius 1 is 0.921 bits per heavy atom. The van der Waals surface area contributed by atoms with Gasteiger partial charge in [-0.15, -0.1) is 0 Å². The van der Waals surface area contributed by atoms with Crippen molar-refractivity contribution in [3.05, 3.63) is 131 Å². The Labute approximate surface area is 222 Å². The zero-order valence-corrected chi connectivity index (χ0v) is 21.5. The third-order valence-corrected chi connectivity index (χ3v) is 8.60. The molecular formula is C35H30N2O. The zero-order valence-electron chi connectivity index (χ0n) is 21.5. The Bertz CT molecular complexity index is 1800. The van der Waals surface area contributed by atoms with Gasteiger partial charge in [0.05, 0.1) is 11.0 Å². The summed E-state index contributed by atoms with van der Waals surface area (Å²) in [5, 5.41) is 2.55. The number of benzene rings is 2. The van der Waals surface area contributed by atoms with Crippen LogP contribution in [-0.2, 0) is 0 Å². The highest BCUT2D eigenvalue weighted by atomic mass is 16.5. The Morgan fingerprint density at radius 3 is 2.76 bits per heavy atom. The van der Waals surface area contributed by atoms with E-state index in [0.717, 1.165) is 25.0 Å². The van der Waals surface area contributed by atoms with Crippen LogP contribution >= 0.6 is 0 Å². The molecule has 0 amide bonds. The second kappa shape index (κ2) is 8.39. The van der Waals surface area contributed by atoms with E-state index in [2.05, 4.69) is 120 Å². The number of rotatable bonds is 3. The van der Waals surface area contributed by atoms with Gasteiger partial charge in [-0.3, -0.25) is 0 Å². The van der Waals surface area contributed by atoms with Crippen molar-refractivity contribution in [1.82, 2.24) is 9.55 Å². The maximum Gasteiger partial charge on any atom is 0.128 e. The van der Waals surface area contributed by atoms with Crippen LogP contribution in [-0.4, -0.2) is 15.7 Å². The lowest BCUT2D eigenvalue weighted by atomic mass is 9.85. The summed E-state index contributed by atoms with van der Waals surface area (Å²) in [5.74, 6) is 1.67. The minimum Gasteiger partial charge on any atom is -0.485 e. The molecule has 2 aromatic carbocycles. The standard InChI is InChI=1S/C35H30N2O/c1-22-17-18-30(36-22)24-10-8-9-23(19-24)25-11-2-5-14-31(25)37-32-15-6-3-12-26(32)28-21-35-29(20-33(28)37)27-13-4-7-16-34(27)38-35/h2-4,6-13,15-18,20-21,24,27,34,36H,5,14,19H2,1H3. The normalized spacial score (nSPS) is 23.7. The van der Waals surface area contributed by atoms with Crippen LogP contribution in [0.4, 0.5) is 0 Å². The largest absolute Gasteiger partial charge is 0.485 e. The van der Waals surface area contributed by atoms with Crippen molar-refractivity contribution in [2.24, 2.45) is 0 Å². The van der Waals surface area contributed by atoms with E-state index in [1.165, 1.54) is 55.6 Å². The molecule has 8 rings (SSSR count). The number of hydrogen-bond donors (Lipinski definition) is 1. The number of allylic oxidation sites excluding steroid dienone is 10. The van der Waals surface area contributed by atoms with E-state index in [0.29, 0.717) is 5.92 Å². The quantitative estimate of drug-likeness (QED) is 0.303. The first kappa shape index (κ1) is 21.8. The molecule has 3 nitrogen and oxygen atoms in total. The number of nitrogens with zero attached hydrogens (tertiary/aromatic N) is 1. The summed E-state index contributed by atoms with van der Waals surface area (Å²) in [7, 11) is 0. The number of fused-ring (bicyclic) bond motifs is 6. The van der Waals surface area contributed by atoms with E-state index >= 15 is 0 Å². The van der Waals surface area contributed by atoms with E-state index in [1.54, 1.807) is 0 Å². The molecule has 1 N–H and O–H groups in total. The Kier molecular flexibility index (Phi) is 4.81. The van der Waals surface area contributed by atoms with Crippen LogP contribution in [0.15, 0.2) is 114 Å². The van der Waals surface area contributed by atoms with Crippen LogP contribution < -0.4 is 4.74 Å². The molecule has 3 atom stereocenters. The highest BCUT2D eigenvalue weighted by Gasteiger charge is 2.33. The van der Waals surface area contributed by atoms with E-state index in [1.807, 2.05) is 0 Å². The van der Waals surface area contributed by atoms with Gasteiger partial charge in [0.2, 0.25) is 0 Å². The van der Waals surface area contributed by atoms with Crippen LogP contribution in [0.25, 0.3) is 27.5 Å². The first-order chi connectivity index (χ1) is 18.7. The number of para-hydroxylation sites is 1. The molecule has 3 aliphatic carbocycles. The molecule has 0 saturated heterocycles. The average Bonchev–Trinajstić information content (AvgIpc) is 3.65. The van der Waals surface area contributed by atoms with Crippen LogP contribution in [0.3, 0.4) is 0 Å². The van der Waals surface area contributed by atoms with E-state index in [-0.39, 0.29) is 12.0 Å². The number of aryl methyl sites for hydroxylation is 1. The summed E-state index contributed by atoms with van der Waals surface area (Å²) in [6, 6.07) is 17.9. The van der Waals surface area contributed by atoms with Gasteiger partial charge >= 0.3 is 0 Å². The first-order valence-electron chi connectivity index (χ1n) is 13.8. The highest BCUT2D eigenvalue weighted by molar-refractivity contribution is 6.11. The fraction of sp³-hybridized carbons (Fsp3) is 0.200. The van der Waals surface area contributed by atoms with Gasteiger partial charge in [0.25, 0.3) is 0 Å². The predicted octanol–water partition coefficient (Wildman–Crippen LogP) is 8.63. The molecule has 1 aliphatic heterocycles. The number of aromatic nitrogens is 2. The van der Waals surface area contributed by atoms with E-state index in [9.17, 15) is 0 Å². The fourth-order valence-electron chi connectivity index (χ4n) is 6.80. The van der Waals surface area contributed by atoms with E-state index < -0.39 is 0 Å². The molecule has 0 radical (unpaired) electrons. The molecule has 2 aromatic heterocycles. The number of H-pyrrole nitrogens is 1. The molecule has 3 heteroatoms. The highest BCUT2D eigenvalue weighted by Crippen LogP contribution is 2.47. The molecule has 4 aromatic rings. The second-order valence-corrected chi connectivity index (χ2v) is 10.9. The summed E-state index contributed by atoms with van der Waals surface area (Å²) < 4.78 is 8.95. The number of nitrogens with one attached hydrogen (secondary N) is 1. The summed E-state index contributed by atoms with van der Waals surface area (Å²) in [6.45, 7) is 2.13. The maximum absolute atomic E-state index is 6.40. The summed E-state index contributed by atoms with van der Waals surface area (Å²) in [5.41, 5.74) is 10.5. The molecule has 3 heterocycles. The molecule has 0 fully saturated rings. The third kappa shape index (κ3) is 3.28. The molecule has 3 unspecified atom stereocenters. The van der Waals surface area contributed by atoms with Gasteiger partial charge in [0, 0.05) is 45.3 Å². The predicted molar refractivity (Wildman–Crippen MR) is 157 cm³/mol. The van der Waals surface area contributed by atoms with E-state index in [4.69, 9.17) is 4.74 Å². The fourth-order valence-corrected chi connectivity index (χ4v) is 6.80. The topological polar surface area (TPSA) is 29.9 Å². The first-order valence-corrected chi connectivity index (χ1v) is 13.8. The van der Waals surface area contributed by atoms with Crippen molar-refractivity contribution in [1.29, 1.82) is 0 Å². The number of hydrogen-bond acceptors (Lipinski definition) is 1. The van der Waals surface area contributed by atoms with Gasteiger partial charge in [0.15, 0.2) is 0 Å². The summed E-state index contributed by atoms with van der Waals surface area (Å²) in [4.78, 5) is 3.56. The van der Waals surface area contributed by atoms with Crippen molar-refractivity contribution >= 4 is 27.5 Å². The van der Waals surface area contributed by atoms with Crippen molar-refractivity contribution in [2.75, 3.05) is 0 Å². The molecular weight excluding hydrogens is 464 g/mol. The van der Waals surface area contributed by atoms with Crippen molar-refractivity contribution in [3.8, 4) is 5.75 Å². The third-order valence-electron chi connectivity index (χ3n) is 8.60. The van der Waals surface area contributed by atoms with Crippen LogP contribution in [0.2, 0.25) is 0 Å². The number of aromatic amines is 1. The summed E-state index contributed by atoms with van der Waals surface area (Å²) in [6.07, 6.45) is 23.5. The van der Waals surface area contributed by atoms with Gasteiger partial charge in [-0.25, -0.2) is 0 Å². The van der Waals surface area contributed by atoms with Gasteiger partial charge < -0.3 is 14.3 Å². The second-order valence-electron chi connectivity index (χ2n) is 10.9. The lowest BCUT2D eigenvalue weighted by molar-refractivity contribution is 0.269. The van der Waals surface area contributed by atoms with Gasteiger partial charge in [-0.2, -0.15) is 0 Å². The van der Waals surface area contributed by atoms with Crippen LogP contribution in [0.1, 0.15) is 48.0 Å². The van der Waals surface area contributed by atoms with Crippen molar-refractivity contribution in [2.45, 2.75) is 44.1 Å². The Morgan fingerprint density at radius 2 is 1.84 bits per heavy atom. The smallest absolute Gasteiger partial charge is 0.128 e. The molecule has 4 aliphatic rings.